The van der Waals surface area contributed by atoms with Crippen molar-refractivity contribution in [1.29, 1.82) is 0 Å². The SMILES string of the molecule is CCc1nc(NC(=O)Cn2nc(-c3ccccc3)ccc2=O)sc1C. The van der Waals surface area contributed by atoms with E-state index in [2.05, 4.69) is 15.4 Å². The molecule has 6 nitrogen and oxygen atoms in total. The Morgan fingerprint density at radius 3 is 2.64 bits per heavy atom. The molecule has 0 aliphatic heterocycles. The lowest BCUT2D eigenvalue weighted by molar-refractivity contribution is -0.117. The zero-order valence-electron chi connectivity index (χ0n) is 14.0. The van der Waals surface area contributed by atoms with Crippen LogP contribution in [0, 0.1) is 6.92 Å². The maximum absolute atomic E-state index is 12.2. The van der Waals surface area contributed by atoms with Crippen molar-refractivity contribution in [3.05, 3.63) is 63.4 Å². The number of rotatable bonds is 5. The van der Waals surface area contributed by atoms with Crippen LogP contribution in [0.2, 0.25) is 0 Å². The van der Waals surface area contributed by atoms with Crippen LogP contribution in [0.3, 0.4) is 0 Å². The van der Waals surface area contributed by atoms with Gasteiger partial charge < -0.3 is 5.32 Å². The van der Waals surface area contributed by atoms with Gasteiger partial charge in [-0.15, -0.1) is 11.3 Å². The summed E-state index contributed by atoms with van der Waals surface area (Å²) in [7, 11) is 0. The third kappa shape index (κ3) is 4.00. The first-order valence-corrected chi connectivity index (χ1v) is 8.78. The van der Waals surface area contributed by atoms with Crippen molar-refractivity contribution in [2.75, 3.05) is 5.32 Å². The van der Waals surface area contributed by atoms with Gasteiger partial charge in [0.25, 0.3) is 5.56 Å². The Bertz CT molecular complexity index is 947. The van der Waals surface area contributed by atoms with E-state index in [0.717, 1.165) is 22.6 Å². The topological polar surface area (TPSA) is 76.9 Å². The summed E-state index contributed by atoms with van der Waals surface area (Å²) >= 11 is 1.43. The highest BCUT2D eigenvalue weighted by Gasteiger charge is 2.12. The minimum Gasteiger partial charge on any atom is -0.300 e. The minimum absolute atomic E-state index is 0.153. The molecule has 0 spiro atoms. The number of amides is 1. The summed E-state index contributed by atoms with van der Waals surface area (Å²) in [6.07, 6.45) is 0.818. The number of hydrogen-bond acceptors (Lipinski definition) is 5. The van der Waals surface area contributed by atoms with Crippen LogP contribution in [-0.2, 0) is 17.8 Å². The lowest BCUT2D eigenvalue weighted by Crippen LogP contribution is -2.29. The van der Waals surface area contributed by atoms with Gasteiger partial charge in [-0.2, -0.15) is 5.10 Å². The van der Waals surface area contributed by atoms with Gasteiger partial charge in [0, 0.05) is 16.5 Å². The maximum atomic E-state index is 12.2. The van der Waals surface area contributed by atoms with E-state index in [9.17, 15) is 9.59 Å². The van der Waals surface area contributed by atoms with Gasteiger partial charge in [0.1, 0.15) is 6.54 Å². The van der Waals surface area contributed by atoms with Crippen molar-refractivity contribution in [2.45, 2.75) is 26.8 Å². The number of carbonyl (C=O) groups is 1. The first-order valence-electron chi connectivity index (χ1n) is 7.96. The molecule has 7 heteroatoms. The fourth-order valence-corrected chi connectivity index (χ4v) is 3.35. The number of anilines is 1. The molecule has 0 saturated heterocycles. The van der Waals surface area contributed by atoms with E-state index in [4.69, 9.17) is 0 Å². The molecule has 2 aromatic heterocycles. The van der Waals surface area contributed by atoms with Crippen LogP contribution in [0.15, 0.2) is 47.3 Å². The zero-order chi connectivity index (χ0) is 17.8. The predicted molar refractivity (Wildman–Crippen MR) is 98.8 cm³/mol. The molecule has 1 aromatic carbocycles. The predicted octanol–water partition coefficient (Wildman–Crippen LogP) is 2.88. The molecule has 0 aliphatic carbocycles. The number of thiazole rings is 1. The van der Waals surface area contributed by atoms with E-state index < -0.39 is 0 Å². The summed E-state index contributed by atoms with van der Waals surface area (Å²) in [5, 5.41) is 7.58. The zero-order valence-corrected chi connectivity index (χ0v) is 14.8. The maximum Gasteiger partial charge on any atom is 0.267 e. The highest BCUT2D eigenvalue weighted by atomic mass is 32.1. The molecule has 2 heterocycles. The second-order valence-electron chi connectivity index (χ2n) is 5.50. The number of benzene rings is 1. The van der Waals surface area contributed by atoms with E-state index in [1.54, 1.807) is 6.07 Å². The van der Waals surface area contributed by atoms with Crippen molar-refractivity contribution in [2.24, 2.45) is 0 Å². The van der Waals surface area contributed by atoms with E-state index >= 15 is 0 Å². The van der Waals surface area contributed by atoms with Gasteiger partial charge in [-0.3, -0.25) is 9.59 Å². The van der Waals surface area contributed by atoms with Crippen molar-refractivity contribution in [3.8, 4) is 11.3 Å². The van der Waals surface area contributed by atoms with Crippen LogP contribution in [0.4, 0.5) is 5.13 Å². The van der Waals surface area contributed by atoms with Gasteiger partial charge in [-0.25, -0.2) is 9.67 Å². The molecule has 1 amide bonds. The second kappa shape index (κ2) is 7.40. The molecular formula is C18H18N4O2S. The monoisotopic (exact) mass is 354 g/mol. The summed E-state index contributed by atoms with van der Waals surface area (Å²) in [5.74, 6) is -0.323. The number of aryl methyl sites for hydroxylation is 2. The fourth-order valence-electron chi connectivity index (χ4n) is 2.43. The highest BCUT2D eigenvalue weighted by molar-refractivity contribution is 7.15. The standard InChI is InChI=1S/C18H18N4O2S/c1-3-14-12(2)25-18(19-14)20-16(23)11-22-17(24)10-9-15(21-22)13-7-5-4-6-8-13/h4-10H,3,11H2,1-2H3,(H,19,20,23). The Labute approximate surface area is 149 Å². The van der Waals surface area contributed by atoms with Crippen molar-refractivity contribution in [1.82, 2.24) is 14.8 Å². The molecule has 0 fully saturated rings. The normalized spacial score (nSPS) is 10.6. The molecule has 1 N–H and O–H groups in total. The van der Waals surface area contributed by atoms with Crippen LogP contribution in [0.1, 0.15) is 17.5 Å². The summed E-state index contributed by atoms with van der Waals surface area (Å²) < 4.78 is 1.17. The van der Waals surface area contributed by atoms with E-state index in [-0.39, 0.29) is 18.0 Å². The van der Waals surface area contributed by atoms with Crippen LogP contribution in [-0.4, -0.2) is 20.7 Å². The highest BCUT2D eigenvalue weighted by Crippen LogP contribution is 2.22. The number of nitrogens with one attached hydrogen (secondary N) is 1. The molecule has 0 radical (unpaired) electrons. The Balaban J connectivity index is 1.77. The third-order valence-electron chi connectivity index (χ3n) is 3.70. The first kappa shape index (κ1) is 17.0. The number of nitrogens with zero attached hydrogens (tertiary/aromatic N) is 3. The molecule has 0 atom stereocenters. The summed E-state index contributed by atoms with van der Waals surface area (Å²) in [5.41, 5.74) is 2.19. The average Bonchev–Trinajstić information content (AvgIpc) is 2.97. The molecule has 0 unspecified atom stereocenters. The second-order valence-corrected chi connectivity index (χ2v) is 6.71. The van der Waals surface area contributed by atoms with Crippen molar-refractivity contribution < 1.29 is 4.79 Å². The molecule has 0 saturated carbocycles. The van der Waals surface area contributed by atoms with Crippen LogP contribution >= 0.6 is 11.3 Å². The van der Waals surface area contributed by atoms with Crippen LogP contribution < -0.4 is 10.9 Å². The Morgan fingerprint density at radius 1 is 1.20 bits per heavy atom. The Kier molecular flexibility index (Phi) is 5.04. The van der Waals surface area contributed by atoms with Gasteiger partial charge in [0.15, 0.2) is 5.13 Å². The summed E-state index contributed by atoms with van der Waals surface area (Å²) in [6, 6.07) is 12.6. The molecule has 3 aromatic rings. The van der Waals surface area contributed by atoms with Crippen molar-refractivity contribution in [3.63, 3.8) is 0 Å². The van der Waals surface area contributed by atoms with Gasteiger partial charge in [-0.1, -0.05) is 37.3 Å². The van der Waals surface area contributed by atoms with Crippen LogP contribution in [0.5, 0.6) is 0 Å². The Hall–Kier alpha value is -2.80. The first-order chi connectivity index (χ1) is 12.1. The molecule has 128 valence electrons. The third-order valence-corrected chi connectivity index (χ3v) is 4.63. The average molecular weight is 354 g/mol. The van der Waals surface area contributed by atoms with Crippen molar-refractivity contribution >= 4 is 22.4 Å². The Morgan fingerprint density at radius 2 is 1.96 bits per heavy atom. The fraction of sp³-hybridized carbons (Fsp3) is 0.222. The lowest BCUT2D eigenvalue weighted by atomic mass is 10.1. The molecule has 25 heavy (non-hydrogen) atoms. The summed E-state index contributed by atoms with van der Waals surface area (Å²) in [4.78, 5) is 29.7. The quantitative estimate of drug-likeness (QED) is 0.764. The van der Waals surface area contributed by atoms with E-state index in [0.29, 0.717) is 10.8 Å². The van der Waals surface area contributed by atoms with E-state index in [1.807, 2.05) is 44.2 Å². The number of hydrogen-bond donors (Lipinski definition) is 1. The molecule has 0 aliphatic rings. The van der Waals surface area contributed by atoms with Gasteiger partial charge in [-0.05, 0) is 19.4 Å². The van der Waals surface area contributed by atoms with Crippen LogP contribution in [0.25, 0.3) is 11.3 Å². The smallest absolute Gasteiger partial charge is 0.267 e. The largest absolute Gasteiger partial charge is 0.300 e. The molecule has 0 bridgehead atoms. The number of carbonyl (C=O) groups excluding carboxylic acids is 1. The van der Waals surface area contributed by atoms with Gasteiger partial charge in [0.05, 0.1) is 11.4 Å². The number of aromatic nitrogens is 3. The molecule has 3 rings (SSSR count). The molecular weight excluding hydrogens is 336 g/mol. The summed E-state index contributed by atoms with van der Waals surface area (Å²) in [6.45, 7) is 3.84. The van der Waals surface area contributed by atoms with Gasteiger partial charge >= 0.3 is 0 Å². The van der Waals surface area contributed by atoms with Gasteiger partial charge in [0.2, 0.25) is 5.91 Å². The minimum atomic E-state index is -0.323. The lowest BCUT2D eigenvalue weighted by Gasteiger charge is -2.07. The van der Waals surface area contributed by atoms with E-state index in [1.165, 1.54) is 22.1 Å².